The Bertz CT molecular complexity index is 943. The second-order valence-corrected chi connectivity index (χ2v) is 11.2. The molecule has 33 heavy (non-hydrogen) atoms. The Morgan fingerprint density at radius 3 is 2.55 bits per heavy atom. The fourth-order valence-corrected chi connectivity index (χ4v) is 5.64. The number of hydrogen-bond acceptors (Lipinski definition) is 6. The average molecular weight is 492 g/mol. The summed E-state index contributed by atoms with van der Waals surface area (Å²) in [5, 5.41) is 0.670. The summed E-state index contributed by atoms with van der Waals surface area (Å²) in [6.45, 7) is 11.0. The number of piperazine rings is 1. The van der Waals surface area contributed by atoms with Crippen molar-refractivity contribution < 1.29 is 14.3 Å². The number of amides is 1. The lowest BCUT2D eigenvalue weighted by molar-refractivity contribution is -0.157. The first kappa shape index (κ1) is 24.5. The maximum absolute atomic E-state index is 13.3. The zero-order valence-corrected chi connectivity index (χ0v) is 21.4. The topological polar surface area (TPSA) is 45.3 Å². The van der Waals surface area contributed by atoms with Gasteiger partial charge in [-0.25, -0.2) is 0 Å². The van der Waals surface area contributed by atoms with Gasteiger partial charge in [-0.05, 0) is 56.8 Å². The number of rotatable bonds is 7. The van der Waals surface area contributed by atoms with E-state index in [-0.39, 0.29) is 5.91 Å². The van der Waals surface area contributed by atoms with E-state index in [9.17, 15) is 4.79 Å². The van der Waals surface area contributed by atoms with Gasteiger partial charge in [-0.15, -0.1) is 11.3 Å². The molecule has 2 aliphatic rings. The zero-order chi connectivity index (χ0) is 23.4. The molecular formula is C25H34ClN3O3S. The van der Waals surface area contributed by atoms with Crippen molar-refractivity contribution in [1.29, 1.82) is 0 Å². The van der Waals surface area contributed by atoms with E-state index in [0.717, 1.165) is 45.0 Å². The van der Waals surface area contributed by atoms with Gasteiger partial charge in [-0.2, -0.15) is 0 Å². The molecule has 6 nitrogen and oxygen atoms in total. The number of benzene rings is 1. The Balaban J connectivity index is 1.48. The number of carbonyl (C=O) groups excluding carboxylic acids is 1. The van der Waals surface area contributed by atoms with Crippen molar-refractivity contribution in [1.82, 2.24) is 14.7 Å². The van der Waals surface area contributed by atoms with Crippen molar-refractivity contribution >= 4 is 28.8 Å². The Morgan fingerprint density at radius 2 is 1.88 bits per heavy atom. The number of aryl methyl sites for hydroxylation is 2. The molecule has 0 radical (unpaired) electrons. The average Bonchev–Trinajstić information content (AvgIpc) is 3.10. The lowest BCUT2D eigenvalue weighted by atomic mass is 9.96. The Labute approximate surface area is 206 Å². The van der Waals surface area contributed by atoms with E-state index in [2.05, 4.69) is 36.8 Å². The maximum Gasteiger partial charge on any atom is 0.225 e. The predicted octanol–water partition coefficient (Wildman–Crippen LogP) is 3.83. The summed E-state index contributed by atoms with van der Waals surface area (Å²) in [5.74, 6) is 0.878. The van der Waals surface area contributed by atoms with Crippen LogP contribution in [0.25, 0.3) is 0 Å². The van der Waals surface area contributed by atoms with Crippen LogP contribution in [0.5, 0.6) is 5.75 Å². The van der Waals surface area contributed by atoms with E-state index >= 15 is 0 Å². The predicted molar refractivity (Wildman–Crippen MR) is 133 cm³/mol. The number of ether oxygens (including phenoxy) is 2. The molecule has 4 rings (SSSR count). The van der Waals surface area contributed by atoms with E-state index < -0.39 is 5.60 Å². The van der Waals surface area contributed by atoms with Gasteiger partial charge in [0.2, 0.25) is 5.91 Å². The van der Waals surface area contributed by atoms with E-state index in [1.54, 1.807) is 0 Å². The van der Waals surface area contributed by atoms with Crippen molar-refractivity contribution in [2.24, 2.45) is 0 Å². The largest absolute Gasteiger partial charge is 0.491 e. The number of morpholine rings is 1. The Morgan fingerprint density at radius 1 is 1.15 bits per heavy atom. The Kier molecular flexibility index (Phi) is 7.97. The third-order valence-electron chi connectivity index (χ3n) is 6.51. The third-order valence-corrected chi connectivity index (χ3v) is 7.77. The van der Waals surface area contributed by atoms with Gasteiger partial charge in [-0.1, -0.05) is 11.6 Å². The molecule has 1 aromatic heterocycles. The van der Waals surface area contributed by atoms with Crippen LogP contribution in [0.3, 0.4) is 0 Å². The van der Waals surface area contributed by atoms with E-state index in [0.29, 0.717) is 31.2 Å². The molecule has 3 heterocycles. The number of hydrogen-bond donors (Lipinski definition) is 0. The molecule has 180 valence electrons. The van der Waals surface area contributed by atoms with Crippen LogP contribution < -0.4 is 4.74 Å². The third kappa shape index (κ3) is 6.49. The van der Waals surface area contributed by atoms with Gasteiger partial charge in [0.1, 0.15) is 18.0 Å². The normalized spacial score (nSPS) is 22.5. The fourth-order valence-electron chi connectivity index (χ4n) is 4.57. The van der Waals surface area contributed by atoms with Gasteiger partial charge < -0.3 is 19.3 Å². The minimum atomic E-state index is -0.683. The van der Waals surface area contributed by atoms with Gasteiger partial charge in [-0.3, -0.25) is 9.69 Å². The van der Waals surface area contributed by atoms with Crippen molar-refractivity contribution in [3.63, 3.8) is 0 Å². The summed E-state index contributed by atoms with van der Waals surface area (Å²) in [6, 6.07) is 9.62. The van der Waals surface area contributed by atoms with Crippen molar-refractivity contribution in [3.8, 4) is 5.75 Å². The van der Waals surface area contributed by atoms with Gasteiger partial charge in [0, 0.05) is 60.6 Å². The van der Waals surface area contributed by atoms with Gasteiger partial charge >= 0.3 is 0 Å². The SMILES string of the molecule is Cc1cc(CN2CCO[C@](COc3ccc(Cl)cc3)(CC(=O)N3CCN(C)CC3)C2)c(C)s1. The summed E-state index contributed by atoms with van der Waals surface area (Å²) in [6.07, 6.45) is 0.322. The fraction of sp³-hybridized carbons (Fsp3) is 0.560. The van der Waals surface area contributed by atoms with Crippen molar-refractivity contribution in [2.45, 2.75) is 32.4 Å². The molecule has 0 saturated carbocycles. The second-order valence-electron chi connectivity index (χ2n) is 9.28. The number of halogens is 1. The minimum absolute atomic E-state index is 0.146. The van der Waals surface area contributed by atoms with Gasteiger partial charge in [0.15, 0.2) is 0 Å². The molecule has 8 heteroatoms. The van der Waals surface area contributed by atoms with Crippen LogP contribution in [0.15, 0.2) is 30.3 Å². The summed E-state index contributed by atoms with van der Waals surface area (Å²) in [5.41, 5.74) is 0.675. The highest BCUT2D eigenvalue weighted by atomic mass is 35.5. The summed E-state index contributed by atoms with van der Waals surface area (Å²) < 4.78 is 12.5. The molecule has 1 aromatic carbocycles. The van der Waals surface area contributed by atoms with E-state index in [1.165, 1.54) is 15.3 Å². The van der Waals surface area contributed by atoms with Crippen LogP contribution in [-0.2, 0) is 16.1 Å². The molecule has 1 atom stereocenters. The molecule has 0 unspecified atom stereocenters. The quantitative estimate of drug-likeness (QED) is 0.589. The molecule has 2 aromatic rings. The van der Waals surface area contributed by atoms with Crippen LogP contribution in [0.2, 0.25) is 5.02 Å². The highest BCUT2D eigenvalue weighted by molar-refractivity contribution is 7.12. The molecule has 2 aliphatic heterocycles. The van der Waals surface area contributed by atoms with Crippen LogP contribution in [0, 0.1) is 13.8 Å². The lowest BCUT2D eigenvalue weighted by Crippen LogP contribution is -2.58. The number of likely N-dealkylation sites (N-methyl/N-ethyl adjacent to an activating group) is 1. The monoisotopic (exact) mass is 491 g/mol. The van der Waals surface area contributed by atoms with E-state index in [4.69, 9.17) is 21.1 Å². The molecule has 1 amide bonds. The van der Waals surface area contributed by atoms with Gasteiger partial charge in [0.05, 0.1) is 13.0 Å². The molecule has 0 aliphatic carbocycles. The molecule has 2 saturated heterocycles. The second kappa shape index (κ2) is 10.7. The first-order valence-corrected chi connectivity index (χ1v) is 12.8. The summed E-state index contributed by atoms with van der Waals surface area (Å²) in [4.78, 5) is 22.6. The van der Waals surface area contributed by atoms with Crippen molar-refractivity contribution in [2.75, 3.05) is 59.5 Å². The van der Waals surface area contributed by atoms with Crippen molar-refractivity contribution in [3.05, 3.63) is 50.7 Å². The molecule has 2 fully saturated rings. The number of nitrogens with zero attached hydrogens (tertiary/aromatic N) is 3. The van der Waals surface area contributed by atoms with Gasteiger partial charge in [0.25, 0.3) is 0 Å². The molecule has 0 N–H and O–H groups in total. The van der Waals surface area contributed by atoms with Crippen LogP contribution >= 0.6 is 22.9 Å². The standard InChI is InChI=1S/C25H34ClN3O3S/c1-19-14-21(20(2)33-19)16-28-12-13-32-25(17-28,18-31-23-6-4-22(26)5-7-23)15-24(30)29-10-8-27(3)9-11-29/h4-7,14H,8-13,15-18H2,1-3H3/t25-/m1/s1. The highest BCUT2D eigenvalue weighted by Crippen LogP contribution is 2.29. The minimum Gasteiger partial charge on any atom is -0.491 e. The van der Waals surface area contributed by atoms with Crippen LogP contribution in [-0.4, -0.2) is 85.7 Å². The zero-order valence-electron chi connectivity index (χ0n) is 19.8. The Hall–Kier alpha value is -1.64. The molecular weight excluding hydrogens is 458 g/mol. The smallest absolute Gasteiger partial charge is 0.225 e. The van der Waals surface area contributed by atoms with E-state index in [1.807, 2.05) is 40.5 Å². The summed E-state index contributed by atoms with van der Waals surface area (Å²) in [7, 11) is 2.10. The first-order chi connectivity index (χ1) is 15.8. The number of carbonyl (C=O) groups is 1. The lowest BCUT2D eigenvalue weighted by Gasteiger charge is -2.43. The summed E-state index contributed by atoms with van der Waals surface area (Å²) >= 11 is 7.86. The number of thiophene rings is 1. The first-order valence-electron chi connectivity index (χ1n) is 11.6. The van der Waals surface area contributed by atoms with Crippen LogP contribution in [0.1, 0.15) is 21.7 Å². The van der Waals surface area contributed by atoms with Crippen LogP contribution in [0.4, 0.5) is 0 Å². The highest BCUT2D eigenvalue weighted by Gasteiger charge is 2.41. The maximum atomic E-state index is 13.3. The molecule has 0 bridgehead atoms. The molecule has 0 spiro atoms.